The first-order valence-electron chi connectivity index (χ1n) is 15.5. The number of methoxy groups -OCH3 is 1. The summed E-state index contributed by atoms with van der Waals surface area (Å²) in [7, 11) is 1.69. The van der Waals surface area contributed by atoms with Gasteiger partial charge >= 0.3 is 0 Å². The van der Waals surface area contributed by atoms with Crippen LogP contribution in [0.15, 0.2) is 103 Å². The predicted octanol–water partition coefficient (Wildman–Crippen LogP) is 6.29. The summed E-state index contributed by atoms with van der Waals surface area (Å²) in [5, 5.41) is 13.3. The summed E-state index contributed by atoms with van der Waals surface area (Å²) in [5.74, 6) is 2.17. The molecule has 0 radical (unpaired) electrons. The normalized spacial score (nSPS) is 14.9. The van der Waals surface area contributed by atoms with Crippen molar-refractivity contribution in [2.45, 2.75) is 26.5 Å². The first-order valence-corrected chi connectivity index (χ1v) is 15.5. The summed E-state index contributed by atoms with van der Waals surface area (Å²) >= 11 is 0. The fraction of sp³-hybridized carbons (Fsp3) is 0.270. The number of nitrogens with zero attached hydrogens (tertiary/aromatic N) is 6. The molecule has 2 heterocycles. The first kappa shape index (κ1) is 30.2. The van der Waals surface area contributed by atoms with E-state index in [-0.39, 0.29) is 6.04 Å². The molecular formula is C37H40N6O2. The summed E-state index contributed by atoms with van der Waals surface area (Å²) in [4.78, 5) is 4.97. The molecule has 6 rings (SSSR count). The molecule has 1 aliphatic rings. The highest BCUT2D eigenvalue weighted by molar-refractivity contribution is 5.50. The van der Waals surface area contributed by atoms with Gasteiger partial charge < -0.3 is 9.47 Å². The van der Waals surface area contributed by atoms with E-state index in [2.05, 4.69) is 118 Å². The lowest BCUT2D eigenvalue weighted by Crippen LogP contribution is -2.48. The van der Waals surface area contributed by atoms with Crippen molar-refractivity contribution in [2.75, 3.05) is 39.8 Å². The third kappa shape index (κ3) is 7.14. The van der Waals surface area contributed by atoms with E-state index in [1.807, 2.05) is 35.0 Å². The van der Waals surface area contributed by atoms with E-state index in [0.717, 1.165) is 66.5 Å². The van der Waals surface area contributed by atoms with Crippen LogP contribution in [0, 0.1) is 13.8 Å². The summed E-state index contributed by atoms with van der Waals surface area (Å²) in [6.45, 7) is 9.21. The van der Waals surface area contributed by atoms with E-state index in [9.17, 15) is 0 Å². The van der Waals surface area contributed by atoms with Crippen molar-refractivity contribution in [1.29, 1.82) is 0 Å². The molecule has 0 unspecified atom stereocenters. The highest BCUT2D eigenvalue weighted by atomic mass is 16.5. The molecule has 8 heteroatoms. The lowest BCUT2D eigenvalue weighted by atomic mass is 10.0. The molecule has 0 spiro atoms. The van der Waals surface area contributed by atoms with Crippen molar-refractivity contribution in [1.82, 2.24) is 30.0 Å². The summed E-state index contributed by atoms with van der Waals surface area (Å²) < 4.78 is 14.0. The van der Waals surface area contributed by atoms with Crippen molar-refractivity contribution >= 4 is 6.08 Å². The highest BCUT2D eigenvalue weighted by Gasteiger charge is 2.32. The maximum atomic E-state index is 6.20. The lowest BCUT2D eigenvalue weighted by Gasteiger charge is -2.38. The number of aromatic nitrogens is 4. The van der Waals surface area contributed by atoms with Gasteiger partial charge in [0, 0.05) is 32.7 Å². The van der Waals surface area contributed by atoms with Crippen molar-refractivity contribution in [2.24, 2.45) is 0 Å². The van der Waals surface area contributed by atoms with Crippen LogP contribution in [0.5, 0.6) is 11.5 Å². The van der Waals surface area contributed by atoms with Gasteiger partial charge in [-0.1, -0.05) is 97.1 Å². The van der Waals surface area contributed by atoms with Crippen LogP contribution in [0.25, 0.3) is 11.8 Å². The average Bonchev–Trinajstić information content (AvgIpc) is 3.54. The molecule has 1 atom stereocenters. The van der Waals surface area contributed by atoms with Crippen molar-refractivity contribution in [3.63, 3.8) is 0 Å². The van der Waals surface area contributed by atoms with Gasteiger partial charge in [-0.05, 0) is 64.2 Å². The average molecular weight is 601 g/mol. The zero-order valence-electron chi connectivity index (χ0n) is 26.2. The molecule has 1 fully saturated rings. The van der Waals surface area contributed by atoms with Gasteiger partial charge in [0.05, 0.1) is 18.8 Å². The van der Waals surface area contributed by atoms with Crippen LogP contribution < -0.4 is 9.47 Å². The van der Waals surface area contributed by atoms with Crippen LogP contribution in [0.2, 0.25) is 0 Å². The van der Waals surface area contributed by atoms with Gasteiger partial charge in [-0.2, -0.15) is 4.68 Å². The monoisotopic (exact) mass is 600 g/mol. The standard InChI is InChI=1S/C37H40N6O2/c1-28-12-10-13-29(2)35(28)43-37(38-39-40-43)36(42-24-22-41(23-25-42)21-11-18-30-14-6-4-7-15-30)32-19-20-33(34(26-32)44-3)45-27-31-16-8-5-9-17-31/h4-20,26,36H,21-25,27H2,1-3H3/t36-/m1/s1. The molecule has 8 nitrogen and oxygen atoms in total. The van der Waals surface area contributed by atoms with Crippen LogP contribution >= 0.6 is 0 Å². The second kappa shape index (κ2) is 14.3. The van der Waals surface area contributed by atoms with Crippen molar-refractivity contribution in [3.05, 3.63) is 137 Å². The van der Waals surface area contributed by atoms with Crippen molar-refractivity contribution in [3.8, 4) is 17.2 Å². The Bertz CT molecular complexity index is 1690. The fourth-order valence-electron chi connectivity index (χ4n) is 6.00. The molecule has 0 N–H and O–H groups in total. The van der Waals surface area contributed by atoms with Crippen LogP contribution in [0.1, 0.15) is 39.7 Å². The number of hydrogen-bond donors (Lipinski definition) is 0. The van der Waals surface area contributed by atoms with Gasteiger partial charge in [-0.15, -0.1) is 5.10 Å². The molecule has 0 saturated carbocycles. The molecular weight excluding hydrogens is 560 g/mol. The van der Waals surface area contributed by atoms with Gasteiger partial charge in [0.2, 0.25) is 0 Å². The minimum absolute atomic E-state index is 0.182. The number of piperazine rings is 1. The van der Waals surface area contributed by atoms with Crippen LogP contribution in [-0.2, 0) is 6.61 Å². The van der Waals surface area contributed by atoms with Crippen LogP contribution in [0.4, 0.5) is 0 Å². The quantitative estimate of drug-likeness (QED) is 0.177. The van der Waals surface area contributed by atoms with Crippen molar-refractivity contribution < 1.29 is 9.47 Å². The Morgan fingerprint density at radius 1 is 0.800 bits per heavy atom. The smallest absolute Gasteiger partial charge is 0.178 e. The zero-order valence-corrected chi connectivity index (χ0v) is 26.2. The fourth-order valence-corrected chi connectivity index (χ4v) is 6.00. The Balaban J connectivity index is 1.28. The highest BCUT2D eigenvalue weighted by Crippen LogP contribution is 2.36. The second-order valence-electron chi connectivity index (χ2n) is 11.4. The number of tetrazole rings is 1. The van der Waals surface area contributed by atoms with E-state index in [0.29, 0.717) is 18.1 Å². The van der Waals surface area contributed by atoms with Gasteiger partial charge in [-0.3, -0.25) is 9.80 Å². The molecule has 0 amide bonds. The second-order valence-corrected chi connectivity index (χ2v) is 11.4. The Labute approximate surface area is 265 Å². The molecule has 1 aliphatic heterocycles. The Morgan fingerprint density at radius 2 is 1.51 bits per heavy atom. The van der Waals surface area contributed by atoms with E-state index in [4.69, 9.17) is 9.47 Å². The van der Waals surface area contributed by atoms with Gasteiger partial charge in [0.15, 0.2) is 17.3 Å². The third-order valence-electron chi connectivity index (χ3n) is 8.38. The lowest BCUT2D eigenvalue weighted by molar-refractivity contribution is 0.113. The molecule has 1 aromatic heterocycles. The largest absolute Gasteiger partial charge is 0.493 e. The Kier molecular flexibility index (Phi) is 9.63. The molecule has 0 aliphatic carbocycles. The van der Waals surface area contributed by atoms with E-state index >= 15 is 0 Å². The minimum Gasteiger partial charge on any atom is -0.493 e. The summed E-state index contributed by atoms with van der Waals surface area (Å²) in [5.41, 5.74) is 6.64. The molecule has 0 bridgehead atoms. The van der Waals surface area contributed by atoms with E-state index in [1.165, 1.54) is 5.56 Å². The van der Waals surface area contributed by atoms with Crippen LogP contribution in [0.3, 0.4) is 0 Å². The first-order chi connectivity index (χ1) is 22.1. The molecule has 230 valence electrons. The summed E-state index contributed by atoms with van der Waals surface area (Å²) in [6, 6.07) is 32.9. The number of para-hydroxylation sites is 1. The number of aryl methyl sites for hydroxylation is 2. The maximum absolute atomic E-state index is 6.20. The molecule has 45 heavy (non-hydrogen) atoms. The topological polar surface area (TPSA) is 68.5 Å². The van der Waals surface area contributed by atoms with Gasteiger partial charge in [0.25, 0.3) is 0 Å². The molecule has 1 saturated heterocycles. The number of benzene rings is 4. The number of hydrogen-bond acceptors (Lipinski definition) is 7. The maximum Gasteiger partial charge on any atom is 0.178 e. The Morgan fingerprint density at radius 3 is 2.22 bits per heavy atom. The third-order valence-corrected chi connectivity index (χ3v) is 8.38. The number of ether oxygens (including phenoxy) is 2. The van der Waals surface area contributed by atoms with Gasteiger partial charge in [0.1, 0.15) is 6.61 Å². The predicted molar refractivity (Wildman–Crippen MR) is 178 cm³/mol. The molecule has 4 aromatic carbocycles. The van der Waals surface area contributed by atoms with Gasteiger partial charge in [-0.25, -0.2) is 0 Å². The Hall–Kier alpha value is -4.79. The van der Waals surface area contributed by atoms with E-state index < -0.39 is 0 Å². The van der Waals surface area contributed by atoms with Crippen LogP contribution in [-0.4, -0.2) is 69.8 Å². The van der Waals surface area contributed by atoms with E-state index in [1.54, 1.807) is 7.11 Å². The number of rotatable bonds is 11. The molecule has 5 aromatic rings. The zero-order chi connectivity index (χ0) is 31.0. The SMILES string of the molecule is COc1cc([C@H](c2nnnn2-c2c(C)cccc2C)N2CCN(CC=Cc3ccccc3)CC2)ccc1OCc1ccccc1. The summed E-state index contributed by atoms with van der Waals surface area (Å²) in [6.07, 6.45) is 4.45. The minimum atomic E-state index is -0.182.